The van der Waals surface area contributed by atoms with Gasteiger partial charge in [-0.1, -0.05) is 111 Å². The van der Waals surface area contributed by atoms with Gasteiger partial charge in [0.05, 0.1) is 5.92 Å². The van der Waals surface area contributed by atoms with Crippen molar-refractivity contribution in [1.29, 1.82) is 0 Å². The van der Waals surface area contributed by atoms with Gasteiger partial charge in [0.15, 0.2) is 0 Å². The van der Waals surface area contributed by atoms with Crippen molar-refractivity contribution in [2.24, 2.45) is 17.8 Å². The maximum Gasteiger partial charge on any atom is 0.306 e. The van der Waals surface area contributed by atoms with Gasteiger partial charge in [0, 0.05) is 0 Å². The second-order valence-corrected chi connectivity index (χ2v) is 8.87. The Labute approximate surface area is 158 Å². The van der Waals surface area contributed by atoms with Gasteiger partial charge in [-0.2, -0.15) is 0 Å². The molecular weight excluding hydrogens is 308 g/mol. The third-order valence-corrected chi connectivity index (χ3v) is 5.27. The van der Waals surface area contributed by atoms with E-state index in [0.29, 0.717) is 0 Å². The number of hydrogen-bond donors (Lipinski definition) is 1. The minimum atomic E-state index is -0.573. The summed E-state index contributed by atoms with van der Waals surface area (Å²) >= 11 is 0. The number of carboxylic acid groups (broad SMARTS) is 1. The molecule has 0 spiro atoms. The third kappa shape index (κ3) is 18.1. The lowest BCUT2D eigenvalue weighted by Gasteiger charge is -2.12. The van der Waals surface area contributed by atoms with Crippen LogP contribution in [0.4, 0.5) is 0 Å². The van der Waals surface area contributed by atoms with Crippen LogP contribution in [0, 0.1) is 17.8 Å². The van der Waals surface area contributed by atoms with E-state index in [1.807, 2.05) is 0 Å². The smallest absolute Gasteiger partial charge is 0.306 e. The lowest BCUT2D eigenvalue weighted by Crippen LogP contribution is -2.13. The number of aliphatic carboxylic acids is 1. The van der Waals surface area contributed by atoms with E-state index in [0.717, 1.165) is 37.5 Å². The molecule has 2 heteroatoms. The fraction of sp³-hybridized carbons (Fsp3) is 0.957. The molecule has 0 heterocycles. The molecule has 0 radical (unpaired) electrons. The van der Waals surface area contributed by atoms with E-state index in [2.05, 4.69) is 27.7 Å². The SMILES string of the molecule is CC(C)CCCCCCCCCC(CCCCCCC(C)C)C(=O)O. The van der Waals surface area contributed by atoms with Crippen LogP contribution in [0.2, 0.25) is 0 Å². The minimum absolute atomic E-state index is 0.101. The van der Waals surface area contributed by atoms with E-state index in [1.165, 1.54) is 70.6 Å². The molecular formula is C23H46O2. The number of carboxylic acids is 1. The standard InChI is InChI=1S/C23H46O2/c1-20(2)16-12-8-6-5-7-9-14-18-22(23(24)25)19-15-11-10-13-17-21(3)4/h20-22H,5-19H2,1-4H3,(H,24,25). The molecule has 0 bridgehead atoms. The summed E-state index contributed by atoms with van der Waals surface area (Å²) in [6.07, 6.45) is 18.3. The Kier molecular flexibility index (Phi) is 16.6. The Hall–Kier alpha value is -0.530. The first-order valence-corrected chi connectivity index (χ1v) is 11.2. The largest absolute Gasteiger partial charge is 0.481 e. The quantitative estimate of drug-likeness (QED) is 0.254. The molecule has 2 nitrogen and oxygen atoms in total. The highest BCUT2D eigenvalue weighted by atomic mass is 16.4. The van der Waals surface area contributed by atoms with Crippen molar-refractivity contribution < 1.29 is 9.90 Å². The predicted molar refractivity (Wildman–Crippen MR) is 110 cm³/mol. The van der Waals surface area contributed by atoms with Crippen LogP contribution < -0.4 is 0 Å². The lowest BCUT2D eigenvalue weighted by molar-refractivity contribution is -0.142. The van der Waals surface area contributed by atoms with Crippen molar-refractivity contribution in [2.75, 3.05) is 0 Å². The van der Waals surface area contributed by atoms with E-state index < -0.39 is 5.97 Å². The van der Waals surface area contributed by atoms with E-state index >= 15 is 0 Å². The molecule has 0 aliphatic rings. The van der Waals surface area contributed by atoms with E-state index in [1.54, 1.807) is 0 Å². The van der Waals surface area contributed by atoms with Gasteiger partial charge >= 0.3 is 5.97 Å². The third-order valence-electron chi connectivity index (χ3n) is 5.27. The summed E-state index contributed by atoms with van der Waals surface area (Å²) in [6, 6.07) is 0. The van der Waals surface area contributed by atoms with E-state index in [-0.39, 0.29) is 5.92 Å². The van der Waals surface area contributed by atoms with Crippen molar-refractivity contribution in [3.05, 3.63) is 0 Å². The van der Waals surface area contributed by atoms with Crippen LogP contribution in [0.25, 0.3) is 0 Å². The molecule has 0 aromatic heterocycles. The van der Waals surface area contributed by atoms with Crippen LogP contribution in [0.1, 0.15) is 124 Å². The topological polar surface area (TPSA) is 37.3 Å². The highest BCUT2D eigenvalue weighted by Gasteiger charge is 2.16. The van der Waals surface area contributed by atoms with Gasteiger partial charge in [0.25, 0.3) is 0 Å². The van der Waals surface area contributed by atoms with Crippen molar-refractivity contribution in [3.8, 4) is 0 Å². The van der Waals surface area contributed by atoms with Crippen LogP contribution in [-0.4, -0.2) is 11.1 Å². The van der Waals surface area contributed by atoms with Gasteiger partial charge in [0.1, 0.15) is 0 Å². The van der Waals surface area contributed by atoms with Crippen LogP contribution in [-0.2, 0) is 4.79 Å². The van der Waals surface area contributed by atoms with Crippen molar-refractivity contribution in [3.63, 3.8) is 0 Å². The van der Waals surface area contributed by atoms with Gasteiger partial charge in [-0.25, -0.2) is 0 Å². The summed E-state index contributed by atoms with van der Waals surface area (Å²) in [6.45, 7) is 9.13. The zero-order valence-corrected chi connectivity index (χ0v) is 17.7. The van der Waals surface area contributed by atoms with Crippen molar-refractivity contribution >= 4 is 5.97 Å². The second-order valence-electron chi connectivity index (χ2n) is 8.87. The molecule has 1 unspecified atom stereocenters. The number of rotatable bonds is 18. The molecule has 0 aromatic carbocycles. The Morgan fingerprint density at radius 3 is 1.12 bits per heavy atom. The van der Waals surface area contributed by atoms with Crippen molar-refractivity contribution in [1.82, 2.24) is 0 Å². The van der Waals surface area contributed by atoms with Crippen molar-refractivity contribution in [2.45, 2.75) is 124 Å². The Balaban J connectivity index is 3.52. The molecule has 1 N–H and O–H groups in total. The van der Waals surface area contributed by atoms with Gasteiger partial charge in [-0.05, 0) is 24.7 Å². The highest BCUT2D eigenvalue weighted by Crippen LogP contribution is 2.20. The van der Waals surface area contributed by atoms with Gasteiger partial charge in [0.2, 0.25) is 0 Å². The fourth-order valence-corrected chi connectivity index (χ4v) is 3.52. The molecule has 1 atom stereocenters. The molecule has 0 aliphatic carbocycles. The lowest BCUT2D eigenvalue weighted by atomic mass is 9.94. The number of carbonyl (C=O) groups is 1. The zero-order valence-electron chi connectivity index (χ0n) is 17.7. The molecule has 150 valence electrons. The summed E-state index contributed by atoms with van der Waals surface area (Å²) in [5.74, 6) is 0.956. The Bertz CT molecular complexity index is 296. The monoisotopic (exact) mass is 354 g/mol. The molecule has 0 saturated carbocycles. The summed E-state index contributed by atoms with van der Waals surface area (Å²) < 4.78 is 0. The normalized spacial score (nSPS) is 12.9. The molecule has 0 rings (SSSR count). The summed E-state index contributed by atoms with van der Waals surface area (Å²) in [5.41, 5.74) is 0. The van der Waals surface area contributed by atoms with Crippen LogP contribution >= 0.6 is 0 Å². The average Bonchev–Trinajstić information content (AvgIpc) is 2.53. The maximum absolute atomic E-state index is 11.4. The average molecular weight is 355 g/mol. The molecule has 0 fully saturated rings. The highest BCUT2D eigenvalue weighted by molar-refractivity contribution is 5.69. The first-order chi connectivity index (χ1) is 11.9. The van der Waals surface area contributed by atoms with Gasteiger partial charge in [-0.3, -0.25) is 4.79 Å². The van der Waals surface area contributed by atoms with Crippen LogP contribution in [0.5, 0.6) is 0 Å². The first kappa shape index (κ1) is 24.5. The number of unbranched alkanes of at least 4 members (excludes halogenated alkanes) is 9. The molecule has 25 heavy (non-hydrogen) atoms. The summed E-state index contributed by atoms with van der Waals surface area (Å²) in [7, 11) is 0. The molecule has 0 aliphatic heterocycles. The Morgan fingerprint density at radius 1 is 0.560 bits per heavy atom. The van der Waals surface area contributed by atoms with E-state index in [9.17, 15) is 9.90 Å². The van der Waals surface area contributed by atoms with Crippen LogP contribution in [0.15, 0.2) is 0 Å². The molecule has 0 aromatic rings. The number of hydrogen-bond acceptors (Lipinski definition) is 1. The van der Waals surface area contributed by atoms with Crippen LogP contribution in [0.3, 0.4) is 0 Å². The first-order valence-electron chi connectivity index (χ1n) is 11.2. The van der Waals surface area contributed by atoms with Gasteiger partial charge < -0.3 is 5.11 Å². The second kappa shape index (κ2) is 16.9. The summed E-state index contributed by atoms with van der Waals surface area (Å²) in [4.78, 5) is 11.4. The summed E-state index contributed by atoms with van der Waals surface area (Å²) in [5, 5.41) is 9.39. The van der Waals surface area contributed by atoms with E-state index in [4.69, 9.17) is 0 Å². The maximum atomic E-state index is 11.4. The predicted octanol–water partition coefficient (Wildman–Crippen LogP) is 7.85. The Morgan fingerprint density at radius 2 is 0.840 bits per heavy atom. The fourth-order valence-electron chi connectivity index (χ4n) is 3.52. The molecule has 0 amide bonds. The zero-order chi connectivity index (χ0) is 18.9. The minimum Gasteiger partial charge on any atom is -0.481 e. The van der Waals surface area contributed by atoms with Gasteiger partial charge in [-0.15, -0.1) is 0 Å². The molecule has 0 saturated heterocycles.